The predicted molar refractivity (Wildman–Crippen MR) is 65.3 cm³/mol. The Morgan fingerprint density at radius 3 is 2.76 bits per heavy atom. The van der Waals surface area contributed by atoms with E-state index in [9.17, 15) is 9.59 Å². The van der Waals surface area contributed by atoms with E-state index in [-0.39, 0.29) is 11.8 Å². The molecule has 0 bridgehead atoms. The quantitative estimate of drug-likeness (QED) is 0.819. The molecular weight excluding hydrogens is 220 g/mol. The zero-order valence-corrected chi connectivity index (χ0v) is 9.95. The summed E-state index contributed by atoms with van der Waals surface area (Å²) in [5, 5.41) is 5.24. The molecule has 0 radical (unpaired) electrons. The van der Waals surface area contributed by atoms with Crippen LogP contribution in [0.3, 0.4) is 0 Å². The lowest BCUT2D eigenvalue weighted by Crippen LogP contribution is -2.30. The Kier molecular flexibility index (Phi) is 5.00. The smallest absolute Gasteiger partial charge is 0.319 e. The number of methoxy groups -OCH3 is 1. The van der Waals surface area contributed by atoms with Crippen LogP contribution in [0.15, 0.2) is 24.3 Å². The van der Waals surface area contributed by atoms with Crippen LogP contribution in [-0.2, 0) is 4.79 Å². The van der Waals surface area contributed by atoms with Gasteiger partial charge in [-0.25, -0.2) is 4.79 Å². The van der Waals surface area contributed by atoms with Gasteiger partial charge in [0, 0.05) is 24.7 Å². The molecule has 0 unspecified atom stereocenters. The summed E-state index contributed by atoms with van der Waals surface area (Å²) >= 11 is 0. The Hall–Kier alpha value is -2.04. The average Bonchev–Trinajstić information content (AvgIpc) is 2.28. The molecule has 0 spiro atoms. The Morgan fingerprint density at radius 1 is 1.35 bits per heavy atom. The molecule has 0 aliphatic rings. The number of Topliss-reactive ketones (excluding diaryl/α,β-unsaturated/α-hetero) is 1. The summed E-state index contributed by atoms with van der Waals surface area (Å²) in [7, 11) is 1.56. The van der Waals surface area contributed by atoms with Crippen molar-refractivity contribution in [3.63, 3.8) is 0 Å². The fourth-order valence-electron chi connectivity index (χ4n) is 1.23. The first-order chi connectivity index (χ1) is 8.11. The van der Waals surface area contributed by atoms with E-state index < -0.39 is 0 Å². The molecule has 17 heavy (non-hydrogen) atoms. The van der Waals surface area contributed by atoms with Crippen LogP contribution >= 0.6 is 0 Å². The first kappa shape index (κ1) is 13.0. The van der Waals surface area contributed by atoms with E-state index >= 15 is 0 Å². The van der Waals surface area contributed by atoms with Gasteiger partial charge in [0.1, 0.15) is 11.5 Å². The van der Waals surface area contributed by atoms with E-state index in [4.69, 9.17) is 4.74 Å². The van der Waals surface area contributed by atoms with Crippen molar-refractivity contribution in [3.8, 4) is 5.75 Å². The Morgan fingerprint density at radius 2 is 2.12 bits per heavy atom. The van der Waals surface area contributed by atoms with E-state index in [0.717, 1.165) is 0 Å². The van der Waals surface area contributed by atoms with Gasteiger partial charge in [-0.1, -0.05) is 6.07 Å². The lowest BCUT2D eigenvalue weighted by molar-refractivity contribution is -0.116. The SMILES string of the molecule is COc1cccc(NC(=O)NCCC(C)=O)c1. The third kappa shape index (κ3) is 5.01. The highest BCUT2D eigenvalue weighted by Crippen LogP contribution is 2.16. The molecule has 0 heterocycles. The maximum atomic E-state index is 11.4. The maximum absolute atomic E-state index is 11.4. The van der Waals surface area contributed by atoms with Crippen LogP contribution in [0.4, 0.5) is 10.5 Å². The molecular formula is C12H16N2O3. The van der Waals surface area contributed by atoms with E-state index in [1.165, 1.54) is 6.92 Å². The van der Waals surface area contributed by atoms with Gasteiger partial charge in [-0.05, 0) is 19.1 Å². The van der Waals surface area contributed by atoms with Crippen molar-refractivity contribution >= 4 is 17.5 Å². The number of nitrogens with one attached hydrogen (secondary N) is 2. The number of rotatable bonds is 5. The number of urea groups is 1. The fraction of sp³-hybridized carbons (Fsp3) is 0.333. The van der Waals surface area contributed by atoms with Gasteiger partial charge >= 0.3 is 6.03 Å². The van der Waals surface area contributed by atoms with Crippen LogP contribution in [0.1, 0.15) is 13.3 Å². The molecule has 0 aromatic heterocycles. The zero-order chi connectivity index (χ0) is 12.7. The van der Waals surface area contributed by atoms with Crippen molar-refractivity contribution < 1.29 is 14.3 Å². The molecule has 0 aliphatic carbocycles. The van der Waals surface area contributed by atoms with E-state index in [1.807, 2.05) is 0 Å². The molecule has 0 saturated heterocycles. The molecule has 0 atom stereocenters. The summed E-state index contributed by atoms with van der Waals surface area (Å²) in [6.45, 7) is 1.83. The average molecular weight is 236 g/mol. The summed E-state index contributed by atoms with van der Waals surface area (Å²) in [5.41, 5.74) is 0.643. The normalized spacial score (nSPS) is 9.53. The summed E-state index contributed by atoms with van der Waals surface area (Å²) in [6, 6.07) is 6.71. The van der Waals surface area contributed by atoms with Crippen molar-refractivity contribution in [2.45, 2.75) is 13.3 Å². The molecule has 5 nitrogen and oxygen atoms in total. The summed E-state index contributed by atoms with van der Waals surface area (Å²) in [6.07, 6.45) is 0.339. The van der Waals surface area contributed by atoms with Crippen LogP contribution in [-0.4, -0.2) is 25.5 Å². The predicted octanol–water partition coefficient (Wildman–Crippen LogP) is 1.80. The molecule has 0 saturated carbocycles. The van der Waals surface area contributed by atoms with Crippen LogP contribution in [0, 0.1) is 0 Å². The second-order valence-electron chi connectivity index (χ2n) is 3.56. The van der Waals surface area contributed by atoms with Gasteiger partial charge in [0.05, 0.1) is 7.11 Å². The van der Waals surface area contributed by atoms with Gasteiger partial charge in [0.15, 0.2) is 0 Å². The van der Waals surface area contributed by atoms with Crippen molar-refractivity contribution in [1.29, 1.82) is 0 Å². The Balaban J connectivity index is 2.42. The number of anilines is 1. The molecule has 2 N–H and O–H groups in total. The van der Waals surface area contributed by atoms with Gasteiger partial charge < -0.3 is 15.4 Å². The minimum absolute atomic E-state index is 0.0479. The Labute approximate surface area is 100 Å². The number of ketones is 1. The van der Waals surface area contributed by atoms with Gasteiger partial charge in [-0.2, -0.15) is 0 Å². The van der Waals surface area contributed by atoms with Crippen molar-refractivity contribution in [2.24, 2.45) is 0 Å². The van der Waals surface area contributed by atoms with Crippen LogP contribution in [0.5, 0.6) is 5.75 Å². The van der Waals surface area contributed by atoms with Crippen molar-refractivity contribution in [2.75, 3.05) is 19.0 Å². The molecule has 0 fully saturated rings. The number of carbonyl (C=O) groups excluding carboxylic acids is 2. The number of hydrogen-bond donors (Lipinski definition) is 2. The topological polar surface area (TPSA) is 67.4 Å². The molecule has 5 heteroatoms. The van der Waals surface area contributed by atoms with Gasteiger partial charge in [-0.15, -0.1) is 0 Å². The second kappa shape index (κ2) is 6.52. The van der Waals surface area contributed by atoms with Crippen LogP contribution in [0.25, 0.3) is 0 Å². The minimum Gasteiger partial charge on any atom is -0.497 e. The zero-order valence-electron chi connectivity index (χ0n) is 9.95. The van der Waals surface area contributed by atoms with Crippen LogP contribution in [0.2, 0.25) is 0 Å². The number of benzene rings is 1. The molecule has 1 aromatic rings. The number of carbonyl (C=O) groups is 2. The van der Waals surface area contributed by atoms with Gasteiger partial charge in [0.2, 0.25) is 0 Å². The lowest BCUT2D eigenvalue weighted by atomic mass is 10.3. The van der Waals surface area contributed by atoms with E-state index in [1.54, 1.807) is 31.4 Å². The molecule has 92 valence electrons. The molecule has 1 rings (SSSR count). The standard InChI is InChI=1S/C12H16N2O3/c1-9(15)6-7-13-12(16)14-10-4-3-5-11(8-10)17-2/h3-5,8H,6-7H2,1-2H3,(H2,13,14,16). The third-order valence-corrected chi connectivity index (χ3v) is 2.09. The largest absolute Gasteiger partial charge is 0.497 e. The monoisotopic (exact) mass is 236 g/mol. The lowest BCUT2D eigenvalue weighted by Gasteiger charge is -2.07. The second-order valence-corrected chi connectivity index (χ2v) is 3.56. The number of amides is 2. The van der Waals surface area contributed by atoms with Gasteiger partial charge in [-0.3, -0.25) is 4.79 Å². The van der Waals surface area contributed by atoms with E-state index in [0.29, 0.717) is 24.4 Å². The van der Waals surface area contributed by atoms with Crippen molar-refractivity contribution in [1.82, 2.24) is 5.32 Å². The van der Waals surface area contributed by atoms with Crippen molar-refractivity contribution in [3.05, 3.63) is 24.3 Å². The minimum atomic E-state index is -0.334. The third-order valence-electron chi connectivity index (χ3n) is 2.09. The first-order valence-corrected chi connectivity index (χ1v) is 5.30. The summed E-state index contributed by atoms with van der Waals surface area (Å²) < 4.78 is 5.03. The summed E-state index contributed by atoms with van der Waals surface area (Å²) in [5.74, 6) is 0.721. The van der Waals surface area contributed by atoms with Crippen LogP contribution < -0.4 is 15.4 Å². The first-order valence-electron chi connectivity index (χ1n) is 5.30. The number of hydrogen-bond acceptors (Lipinski definition) is 3. The molecule has 1 aromatic carbocycles. The number of ether oxygens (including phenoxy) is 1. The Bertz CT molecular complexity index is 404. The van der Waals surface area contributed by atoms with E-state index in [2.05, 4.69) is 10.6 Å². The highest BCUT2D eigenvalue weighted by atomic mass is 16.5. The maximum Gasteiger partial charge on any atom is 0.319 e. The van der Waals surface area contributed by atoms with Gasteiger partial charge in [0.25, 0.3) is 0 Å². The summed E-state index contributed by atoms with van der Waals surface area (Å²) in [4.78, 5) is 22.1. The fourth-order valence-corrected chi connectivity index (χ4v) is 1.23. The molecule has 0 aliphatic heterocycles. The molecule has 2 amide bonds. The highest BCUT2D eigenvalue weighted by Gasteiger charge is 2.02. The highest BCUT2D eigenvalue weighted by molar-refractivity contribution is 5.89.